The molecule has 1 aromatic carbocycles. The van der Waals surface area contributed by atoms with Crippen molar-refractivity contribution in [3.8, 4) is 17.1 Å². The number of rotatable bonds is 4. The van der Waals surface area contributed by atoms with Gasteiger partial charge in [-0.25, -0.2) is 9.78 Å². The molecule has 2 aromatic heterocycles. The Balaban J connectivity index is 1.72. The maximum atomic E-state index is 13.4. The minimum Gasteiger partial charge on any atom is -0.508 e. The second kappa shape index (κ2) is 7.16. The number of aromatic nitrogens is 2. The number of carbonyl (C=O) groups is 2. The van der Waals surface area contributed by atoms with Crippen LogP contribution in [0.4, 0.5) is 0 Å². The number of pyridine rings is 2. The Bertz CT molecular complexity index is 1360. The molecule has 0 unspecified atom stereocenters. The first kappa shape index (κ1) is 20.2. The molecule has 2 aliphatic rings. The zero-order valence-corrected chi connectivity index (χ0v) is 17.3. The molecule has 0 bridgehead atoms. The van der Waals surface area contributed by atoms with E-state index in [1.807, 2.05) is 6.07 Å². The highest BCUT2D eigenvalue weighted by molar-refractivity contribution is 5.88. The number of phenolic OH excluding ortho intramolecular Hbond substituents is 1. The number of aliphatic hydroxyl groups is 1. The molecule has 0 aliphatic carbocycles. The Kier molecular flexibility index (Phi) is 4.52. The number of hydrogen-bond donors (Lipinski definition) is 2. The molecule has 9 nitrogen and oxygen atoms in total. The summed E-state index contributed by atoms with van der Waals surface area (Å²) in [6, 6.07) is 8.38. The minimum absolute atomic E-state index is 0.0657. The second-order valence-electron chi connectivity index (χ2n) is 7.89. The summed E-state index contributed by atoms with van der Waals surface area (Å²) < 4.78 is 12.3. The quantitative estimate of drug-likeness (QED) is 0.463. The summed E-state index contributed by atoms with van der Waals surface area (Å²) in [5.41, 5.74) is 0.996. The lowest BCUT2D eigenvalue weighted by Crippen LogP contribution is -2.47. The van der Waals surface area contributed by atoms with E-state index in [0.29, 0.717) is 22.5 Å². The molecule has 2 aliphatic heterocycles. The Hall–Kier alpha value is -3.72. The van der Waals surface area contributed by atoms with Gasteiger partial charge in [0.1, 0.15) is 12.4 Å². The average molecular weight is 436 g/mol. The van der Waals surface area contributed by atoms with Gasteiger partial charge < -0.3 is 24.3 Å². The third kappa shape index (κ3) is 2.81. The van der Waals surface area contributed by atoms with E-state index in [1.165, 1.54) is 6.07 Å². The van der Waals surface area contributed by atoms with Crippen molar-refractivity contribution < 1.29 is 29.3 Å². The van der Waals surface area contributed by atoms with Crippen molar-refractivity contribution in [2.75, 3.05) is 6.61 Å². The van der Waals surface area contributed by atoms with Crippen LogP contribution in [0.25, 0.3) is 22.3 Å². The summed E-state index contributed by atoms with van der Waals surface area (Å²) in [4.78, 5) is 43.1. The number of carbonyl (C=O) groups excluding carboxylic acids is 2. The number of aliphatic hydroxyl groups excluding tert-OH is 1. The summed E-state index contributed by atoms with van der Waals surface area (Å²) in [5.74, 6) is -1.39. The number of nitrogens with zero attached hydrogens (tertiary/aromatic N) is 2. The molecule has 0 saturated carbocycles. The predicted octanol–water partition coefficient (Wildman–Crippen LogP) is 1.72. The predicted molar refractivity (Wildman–Crippen MR) is 112 cm³/mol. The van der Waals surface area contributed by atoms with Crippen LogP contribution in [0.2, 0.25) is 0 Å². The first-order valence-corrected chi connectivity index (χ1v) is 10.3. The normalized spacial score (nSPS) is 18.6. The highest BCUT2D eigenvalue weighted by Gasteiger charge is 2.50. The Morgan fingerprint density at radius 1 is 1.28 bits per heavy atom. The number of hydrogen-bond acceptors (Lipinski definition) is 8. The van der Waals surface area contributed by atoms with E-state index in [0.717, 1.165) is 10.9 Å². The number of ether oxygens (including phenoxy) is 2. The van der Waals surface area contributed by atoms with Gasteiger partial charge in [0.15, 0.2) is 0 Å². The molecular weight excluding hydrogens is 416 g/mol. The fourth-order valence-corrected chi connectivity index (χ4v) is 4.47. The molecule has 9 heteroatoms. The standard InChI is InChI=1S/C23H20N2O7/c1-2-23(32-19(28)5-6-26)16-9-18-20-13(7-12-8-14(27)3-4-17(12)24-20)10-25(18)21(29)15(16)11-31-22(23)30/h3-4,7-9,26-27H,2,5-6,10-11H2,1H3/t23-/m0/s1. The molecule has 0 radical (unpaired) electrons. The van der Waals surface area contributed by atoms with E-state index in [-0.39, 0.29) is 42.9 Å². The van der Waals surface area contributed by atoms with Gasteiger partial charge >= 0.3 is 11.9 Å². The highest BCUT2D eigenvalue weighted by atomic mass is 16.6. The first-order valence-electron chi connectivity index (χ1n) is 10.3. The van der Waals surface area contributed by atoms with Crippen LogP contribution < -0.4 is 5.56 Å². The molecule has 0 saturated heterocycles. The van der Waals surface area contributed by atoms with Gasteiger partial charge in [0.25, 0.3) is 5.56 Å². The number of esters is 2. The Morgan fingerprint density at radius 3 is 2.84 bits per heavy atom. The van der Waals surface area contributed by atoms with Crippen LogP contribution in [0.15, 0.2) is 35.1 Å². The molecule has 4 heterocycles. The van der Waals surface area contributed by atoms with Crippen LogP contribution in [0, 0.1) is 0 Å². The van der Waals surface area contributed by atoms with E-state index >= 15 is 0 Å². The molecule has 2 N–H and O–H groups in total. The van der Waals surface area contributed by atoms with Gasteiger partial charge in [0.05, 0.1) is 42.0 Å². The third-order valence-corrected chi connectivity index (χ3v) is 6.06. The van der Waals surface area contributed by atoms with Crippen LogP contribution >= 0.6 is 0 Å². The topological polar surface area (TPSA) is 128 Å². The van der Waals surface area contributed by atoms with Crippen LogP contribution in [0.5, 0.6) is 5.75 Å². The van der Waals surface area contributed by atoms with Gasteiger partial charge in [-0.1, -0.05) is 6.92 Å². The third-order valence-electron chi connectivity index (χ3n) is 6.06. The van der Waals surface area contributed by atoms with Gasteiger partial charge in [-0.05, 0) is 36.8 Å². The largest absolute Gasteiger partial charge is 0.508 e. The molecule has 3 aromatic rings. The average Bonchev–Trinajstić information content (AvgIpc) is 3.12. The number of aromatic hydroxyl groups is 1. The molecule has 164 valence electrons. The maximum absolute atomic E-state index is 13.4. The number of cyclic esters (lactones) is 1. The SMILES string of the molecule is CC[C@@]1(OC(=O)CCO)C(=O)OCc2c1cc1n(c2=O)Cc2cc3cc(O)ccc3nc2-1. The Morgan fingerprint density at radius 2 is 2.09 bits per heavy atom. The molecular formula is C23H20N2O7. The van der Waals surface area contributed by atoms with Crippen LogP contribution in [0.1, 0.15) is 36.5 Å². The summed E-state index contributed by atoms with van der Waals surface area (Å²) >= 11 is 0. The van der Waals surface area contributed by atoms with E-state index in [9.17, 15) is 19.5 Å². The second-order valence-corrected chi connectivity index (χ2v) is 7.89. The smallest absolute Gasteiger partial charge is 0.355 e. The minimum atomic E-state index is -1.76. The van der Waals surface area contributed by atoms with Gasteiger partial charge in [0.2, 0.25) is 5.60 Å². The highest BCUT2D eigenvalue weighted by Crippen LogP contribution is 2.41. The van der Waals surface area contributed by atoms with Crippen molar-refractivity contribution in [3.05, 3.63) is 57.4 Å². The summed E-state index contributed by atoms with van der Waals surface area (Å²) in [5, 5.41) is 19.6. The first-order chi connectivity index (χ1) is 15.4. The van der Waals surface area contributed by atoms with Crippen molar-refractivity contribution >= 4 is 22.8 Å². The van der Waals surface area contributed by atoms with Crippen molar-refractivity contribution in [3.63, 3.8) is 0 Å². The van der Waals surface area contributed by atoms with Gasteiger partial charge in [-0.15, -0.1) is 0 Å². The van der Waals surface area contributed by atoms with Gasteiger partial charge in [-0.2, -0.15) is 0 Å². The monoisotopic (exact) mass is 436 g/mol. The summed E-state index contributed by atoms with van der Waals surface area (Å²) in [7, 11) is 0. The molecule has 0 spiro atoms. The van der Waals surface area contributed by atoms with Crippen molar-refractivity contribution in [2.24, 2.45) is 0 Å². The lowest BCUT2D eigenvalue weighted by molar-refractivity contribution is -0.189. The fourth-order valence-electron chi connectivity index (χ4n) is 4.47. The summed E-state index contributed by atoms with van der Waals surface area (Å²) in [6.07, 6.45) is -0.215. The zero-order valence-electron chi connectivity index (χ0n) is 17.3. The molecule has 1 atom stereocenters. The van der Waals surface area contributed by atoms with Gasteiger partial charge in [0, 0.05) is 16.5 Å². The lowest BCUT2D eigenvalue weighted by Gasteiger charge is -2.35. The molecule has 0 amide bonds. The van der Waals surface area contributed by atoms with E-state index in [1.54, 1.807) is 29.7 Å². The van der Waals surface area contributed by atoms with E-state index < -0.39 is 24.1 Å². The van der Waals surface area contributed by atoms with Crippen LogP contribution in [-0.2, 0) is 37.8 Å². The van der Waals surface area contributed by atoms with Crippen molar-refractivity contribution in [1.29, 1.82) is 0 Å². The molecule has 5 rings (SSSR count). The van der Waals surface area contributed by atoms with Crippen LogP contribution in [-0.4, -0.2) is 38.3 Å². The number of benzene rings is 1. The molecule has 0 fully saturated rings. The fraction of sp³-hybridized carbons (Fsp3) is 0.304. The zero-order chi connectivity index (χ0) is 22.6. The van der Waals surface area contributed by atoms with Gasteiger partial charge in [-0.3, -0.25) is 9.59 Å². The van der Waals surface area contributed by atoms with Crippen molar-refractivity contribution in [1.82, 2.24) is 9.55 Å². The lowest BCUT2D eigenvalue weighted by atomic mass is 9.85. The number of fused-ring (bicyclic) bond motifs is 5. The maximum Gasteiger partial charge on any atom is 0.355 e. The number of phenols is 1. The Labute approximate surface area is 181 Å². The summed E-state index contributed by atoms with van der Waals surface area (Å²) in [6.45, 7) is 1.31. The van der Waals surface area contributed by atoms with E-state index in [2.05, 4.69) is 4.98 Å². The molecule has 32 heavy (non-hydrogen) atoms. The van der Waals surface area contributed by atoms with Crippen molar-refractivity contribution in [2.45, 2.75) is 38.5 Å². The van der Waals surface area contributed by atoms with Crippen LogP contribution in [0.3, 0.4) is 0 Å². The van der Waals surface area contributed by atoms with E-state index in [4.69, 9.17) is 14.6 Å².